The van der Waals surface area contributed by atoms with E-state index in [1.54, 1.807) is 0 Å². The molecule has 2 aromatic carbocycles. The van der Waals surface area contributed by atoms with Gasteiger partial charge in [-0.05, 0) is 77.5 Å². The summed E-state index contributed by atoms with van der Waals surface area (Å²) in [7, 11) is 0. The lowest BCUT2D eigenvalue weighted by atomic mass is 9.72. The van der Waals surface area contributed by atoms with E-state index in [1.165, 1.54) is 33.4 Å². The first kappa shape index (κ1) is 19.6. The number of phenolic OH excluding ortho intramolecular Hbond substituents is 1. The van der Waals surface area contributed by atoms with Crippen LogP contribution in [0.3, 0.4) is 0 Å². The van der Waals surface area contributed by atoms with Crippen LogP contribution in [0.1, 0.15) is 80.5 Å². The van der Waals surface area contributed by atoms with Gasteiger partial charge in [0.2, 0.25) is 0 Å². The van der Waals surface area contributed by atoms with Gasteiger partial charge in [-0.2, -0.15) is 0 Å². The minimum Gasteiger partial charge on any atom is -0.508 e. The van der Waals surface area contributed by atoms with Gasteiger partial charge in [0, 0.05) is 5.56 Å². The molecule has 0 atom stereocenters. The Labute approximate surface area is 154 Å². The van der Waals surface area contributed by atoms with Crippen LogP contribution < -0.4 is 0 Å². The second kappa shape index (κ2) is 6.52. The van der Waals surface area contributed by atoms with E-state index in [0.29, 0.717) is 5.75 Å². The average Bonchev–Trinajstić information content (AvgIpc) is 2.46. The summed E-state index contributed by atoms with van der Waals surface area (Å²) in [5.74, 6) is 0.415. The van der Waals surface area contributed by atoms with Crippen molar-refractivity contribution >= 4 is 0 Å². The van der Waals surface area contributed by atoms with Gasteiger partial charge in [-0.1, -0.05) is 59.7 Å². The summed E-state index contributed by atoms with van der Waals surface area (Å²) >= 11 is 0. The highest BCUT2D eigenvalue weighted by molar-refractivity contribution is 5.53. The molecule has 0 aromatic heterocycles. The highest BCUT2D eigenvalue weighted by Crippen LogP contribution is 2.42. The Hall–Kier alpha value is -1.76. The number of hydrogen-bond acceptors (Lipinski definition) is 1. The molecule has 0 saturated carbocycles. The summed E-state index contributed by atoms with van der Waals surface area (Å²) in [4.78, 5) is 0. The lowest BCUT2D eigenvalue weighted by molar-refractivity contribution is 0.434. The highest BCUT2D eigenvalue weighted by Gasteiger charge is 2.30. The van der Waals surface area contributed by atoms with Crippen LogP contribution >= 0.6 is 0 Å². The molecule has 0 aliphatic carbocycles. The van der Waals surface area contributed by atoms with Gasteiger partial charge in [-0.3, -0.25) is 0 Å². The fourth-order valence-electron chi connectivity index (χ4n) is 3.81. The van der Waals surface area contributed by atoms with E-state index in [-0.39, 0.29) is 10.8 Å². The van der Waals surface area contributed by atoms with E-state index in [2.05, 4.69) is 80.5 Å². The zero-order valence-electron chi connectivity index (χ0n) is 17.5. The Balaban J connectivity index is 2.69. The maximum Gasteiger partial charge on any atom is 0.119 e. The van der Waals surface area contributed by atoms with Gasteiger partial charge in [-0.25, -0.2) is 0 Å². The van der Waals surface area contributed by atoms with Crippen LogP contribution in [-0.2, 0) is 17.3 Å². The number of aromatic hydroxyl groups is 1. The molecule has 0 heterocycles. The Morgan fingerprint density at radius 1 is 0.680 bits per heavy atom. The van der Waals surface area contributed by atoms with Gasteiger partial charge in [0.1, 0.15) is 5.75 Å². The zero-order valence-corrected chi connectivity index (χ0v) is 17.5. The molecule has 0 fully saturated rings. The van der Waals surface area contributed by atoms with E-state index in [9.17, 15) is 5.11 Å². The Morgan fingerprint density at radius 2 is 1.20 bits per heavy atom. The van der Waals surface area contributed by atoms with E-state index in [1.807, 2.05) is 6.07 Å². The van der Waals surface area contributed by atoms with Crippen molar-refractivity contribution in [1.82, 2.24) is 0 Å². The molecule has 0 unspecified atom stereocenters. The molecule has 25 heavy (non-hydrogen) atoms. The van der Waals surface area contributed by atoms with Crippen LogP contribution in [-0.4, -0.2) is 5.11 Å². The average molecular weight is 339 g/mol. The number of rotatable bonds is 2. The topological polar surface area (TPSA) is 20.2 Å². The summed E-state index contributed by atoms with van der Waals surface area (Å²) in [5.41, 5.74) is 9.05. The first-order valence-corrected chi connectivity index (χ1v) is 9.25. The van der Waals surface area contributed by atoms with E-state index in [0.717, 1.165) is 12.0 Å². The predicted octanol–water partition coefficient (Wildman–Crippen LogP) is 6.50. The molecule has 2 aromatic rings. The van der Waals surface area contributed by atoms with Crippen molar-refractivity contribution in [2.45, 2.75) is 79.6 Å². The first-order chi connectivity index (χ1) is 11.3. The molecular weight excluding hydrogens is 304 g/mol. The maximum absolute atomic E-state index is 10.6. The van der Waals surface area contributed by atoms with Crippen LogP contribution in [0.4, 0.5) is 0 Å². The zero-order chi connectivity index (χ0) is 19.2. The molecule has 2 rings (SSSR count). The highest BCUT2D eigenvalue weighted by atomic mass is 16.3. The van der Waals surface area contributed by atoms with Crippen molar-refractivity contribution in [2.75, 3.05) is 0 Å². The summed E-state index contributed by atoms with van der Waals surface area (Å²) in [6, 6.07) is 8.47. The second-order valence-electron chi connectivity index (χ2n) is 9.46. The normalized spacial score (nSPS) is 12.5. The van der Waals surface area contributed by atoms with Crippen molar-refractivity contribution < 1.29 is 5.11 Å². The van der Waals surface area contributed by atoms with Gasteiger partial charge in [0.05, 0.1) is 0 Å². The molecule has 0 aliphatic rings. The molecule has 0 saturated heterocycles. The fraction of sp³-hybridized carbons (Fsp3) is 0.500. The van der Waals surface area contributed by atoms with Crippen LogP contribution in [0.2, 0.25) is 0 Å². The minimum atomic E-state index is -0.0963. The van der Waals surface area contributed by atoms with Crippen molar-refractivity contribution in [3.05, 3.63) is 63.2 Å². The largest absolute Gasteiger partial charge is 0.508 e. The molecule has 0 spiro atoms. The Morgan fingerprint density at radius 3 is 1.72 bits per heavy atom. The van der Waals surface area contributed by atoms with Gasteiger partial charge in [0.25, 0.3) is 0 Å². The van der Waals surface area contributed by atoms with Gasteiger partial charge < -0.3 is 5.11 Å². The van der Waals surface area contributed by atoms with Crippen molar-refractivity contribution in [2.24, 2.45) is 0 Å². The summed E-state index contributed by atoms with van der Waals surface area (Å²) in [6.07, 6.45) is 0.906. The van der Waals surface area contributed by atoms with Crippen molar-refractivity contribution in [1.29, 1.82) is 0 Å². The van der Waals surface area contributed by atoms with Crippen LogP contribution in [0, 0.1) is 20.8 Å². The molecule has 1 nitrogen and oxygen atoms in total. The van der Waals surface area contributed by atoms with E-state index < -0.39 is 0 Å². The molecule has 0 amide bonds. The third-order valence-electron chi connectivity index (χ3n) is 5.32. The number of phenols is 1. The lowest BCUT2D eigenvalue weighted by Crippen LogP contribution is -2.24. The second-order valence-corrected chi connectivity index (χ2v) is 9.46. The molecule has 0 aliphatic heterocycles. The molecule has 136 valence electrons. The summed E-state index contributed by atoms with van der Waals surface area (Å²) < 4.78 is 0. The third kappa shape index (κ3) is 3.92. The SMILES string of the molecule is Cc1ccc(Cc2ccc(O)c(C(C)(C)C)c2C(C)(C)C)c(C)c1C. The van der Waals surface area contributed by atoms with Crippen molar-refractivity contribution in [3.63, 3.8) is 0 Å². The number of aryl methyl sites for hydroxylation is 1. The molecule has 0 bridgehead atoms. The van der Waals surface area contributed by atoms with Gasteiger partial charge in [0.15, 0.2) is 0 Å². The van der Waals surface area contributed by atoms with E-state index in [4.69, 9.17) is 0 Å². The molecule has 1 heteroatoms. The fourth-order valence-corrected chi connectivity index (χ4v) is 3.81. The number of hydrogen-bond donors (Lipinski definition) is 1. The standard InChI is InChI=1S/C24H34O/c1-15-10-11-18(17(3)16(15)2)14-19-12-13-20(25)22(24(7,8)9)21(19)23(4,5)6/h10-13,25H,14H2,1-9H3. The summed E-state index contributed by atoms with van der Waals surface area (Å²) in [6.45, 7) is 19.9. The quantitative estimate of drug-likeness (QED) is 0.662. The third-order valence-corrected chi connectivity index (χ3v) is 5.32. The first-order valence-electron chi connectivity index (χ1n) is 9.25. The number of benzene rings is 2. The Bertz CT molecular complexity index is 783. The minimum absolute atomic E-state index is 0.0235. The van der Waals surface area contributed by atoms with Crippen molar-refractivity contribution in [3.8, 4) is 5.75 Å². The van der Waals surface area contributed by atoms with Crippen LogP contribution in [0.5, 0.6) is 5.75 Å². The van der Waals surface area contributed by atoms with E-state index >= 15 is 0 Å². The molecular formula is C24H34O. The lowest BCUT2D eigenvalue weighted by Gasteiger charge is -2.33. The van der Waals surface area contributed by atoms with Crippen LogP contribution in [0.25, 0.3) is 0 Å². The van der Waals surface area contributed by atoms with Gasteiger partial charge >= 0.3 is 0 Å². The summed E-state index contributed by atoms with van der Waals surface area (Å²) in [5, 5.41) is 10.6. The maximum atomic E-state index is 10.6. The monoisotopic (exact) mass is 338 g/mol. The molecule has 0 radical (unpaired) electrons. The van der Waals surface area contributed by atoms with Crippen LogP contribution in [0.15, 0.2) is 24.3 Å². The molecule has 1 N–H and O–H groups in total. The smallest absolute Gasteiger partial charge is 0.119 e. The Kier molecular flexibility index (Phi) is 5.10. The van der Waals surface area contributed by atoms with Gasteiger partial charge in [-0.15, -0.1) is 0 Å². The predicted molar refractivity (Wildman–Crippen MR) is 109 cm³/mol.